The number of carbonyl (C=O) groups is 1. The number of nitrogens with zero attached hydrogens (tertiary/aromatic N) is 1. The van der Waals surface area contributed by atoms with E-state index < -0.39 is 0 Å². The topological polar surface area (TPSA) is 29.5 Å². The normalized spacial score (nSPS) is 11.2. The van der Waals surface area contributed by atoms with Crippen LogP contribution in [0.2, 0.25) is 0 Å². The molecule has 0 saturated heterocycles. The second-order valence-corrected chi connectivity index (χ2v) is 1.90. The van der Waals surface area contributed by atoms with E-state index in [9.17, 15) is 4.79 Å². The molecule has 11 heavy (non-hydrogen) atoms. The summed E-state index contributed by atoms with van der Waals surface area (Å²) in [5.41, 5.74) is 0. The molecule has 1 amide bonds. The number of hydroxylamine groups is 2. The SMILES string of the molecule is C/C=C/C=C\C(=O)N(C)OC. The van der Waals surface area contributed by atoms with Gasteiger partial charge in [0, 0.05) is 13.1 Å². The summed E-state index contributed by atoms with van der Waals surface area (Å²) in [5.74, 6) is -0.175. The van der Waals surface area contributed by atoms with Gasteiger partial charge in [-0.2, -0.15) is 0 Å². The van der Waals surface area contributed by atoms with E-state index in [-0.39, 0.29) is 5.91 Å². The van der Waals surface area contributed by atoms with E-state index in [4.69, 9.17) is 0 Å². The van der Waals surface area contributed by atoms with Crippen LogP contribution in [0.25, 0.3) is 0 Å². The Kier molecular flexibility index (Phi) is 5.11. The Balaban J connectivity index is 3.86. The molecule has 0 N–H and O–H groups in total. The summed E-state index contributed by atoms with van der Waals surface area (Å²) in [6.45, 7) is 1.88. The molecule has 0 rings (SSSR count). The van der Waals surface area contributed by atoms with Crippen molar-refractivity contribution in [3.8, 4) is 0 Å². The van der Waals surface area contributed by atoms with Gasteiger partial charge in [0.2, 0.25) is 0 Å². The molecule has 0 aromatic heterocycles. The van der Waals surface area contributed by atoms with E-state index in [1.54, 1.807) is 19.2 Å². The maximum atomic E-state index is 10.9. The summed E-state index contributed by atoms with van der Waals surface area (Å²) in [6.07, 6.45) is 6.72. The minimum atomic E-state index is -0.175. The third-order valence-corrected chi connectivity index (χ3v) is 1.13. The molecule has 0 saturated carbocycles. The number of hydrogen-bond acceptors (Lipinski definition) is 2. The van der Waals surface area contributed by atoms with Crippen molar-refractivity contribution < 1.29 is 9.63 Å². The van der Waals surface area contributed by atoms with Crippen LogP contribution in [0.4, 0.5) is 0 Å². The number of hydrogen-bond donors (Lipinski definition) is 0. The Morgan fingerprint density at radius 2 is 2.09 bits per heavy atom. The first-order valence-corrected chi connectivity index (χ1v) is 3.33. The molecular formula is C8H13NO2. The zero-order chi connectivity index (χ0) is 8.69. The number of amides is 1. The highest BCUT2D eigenvalue weighted by Crippen LogP contribution is 1.86. The summed E-state index contributed by atoms with van der Waals surface area (Å²) >= 11 is 0. The van der Waals surface area contributed by atoms with Gasteiger partial charge in [-0.15, -0.1) is 0 Å². The van der Waals surface area contributed by atoms with Gasteiger partial charge in [0.15, 0.2) is 0 Å². The molecule has 0 aliphatic carbocycles. The zero-order valence-electron chi connectivity index (χ0n) is 7.07. The average molecular weight is 155 g/mol. The largest absolute Gasteiger partial charge is 0.274 e. The van der Waals surface area contributed by atoms with E-state index in [0.29, 0.717) is 0 Å². The molecular weight excluding hydrogens is 142 g/mol. The number of likely N-dealkylation sites (N-methyl/N-ethyl adjacent to an activating group) is 1. The molecule has 0 aliphatic heterocycles. The monoisotopic (exact) mass is 155 g/mol. The van der Waals surface area contributed by atoms with Crippen LogP contribution in [0.1, 0.15) is 6.92 Å². The lowest BCUT2D eigenvalue weighted by Crippen LogP contribution is -2.22. The maximum Gasteiger partial charge on any atom is 0.269 e. The van der Waals surface area contributed by atoms with Crippen LogP contribution in [0.3, 0.4) is 0 Å². The quantitative estimate of drug-likeness (QED) is 0.347. The molecule has 0 heterocycles. The molecule has 3 heteroatoms. The highest BCUT2D eigenvalue weighted by molar-refractivity contribution is 5.86. The van der Waals surface area contributed by atoms with Crippen molar-refractivity contribution in [3.63, 3.8) is 0 Å². The Bertz CT molecular complexity index is 173. The van der Waals surface area contributed by atoms with Crippen LogP contribution < -0.4 is 0 Å². The highest BCUT2D eigenvalue weighted by Gasteiger charge is 1.99. The number of carbonyl (C=O) groups excluding carboxylic acids is 1. The minimum absolute atomic E-state index is 0.175. The van der Waals surface area contributed by atoms with Crippen LogP contribution in [0.5, 0.6) is 0 Å². The smallest absolute Gasteiger partial charge is 0.269 e. The second-order valence-electron chi connectivity index (χ2n) is 1.90. The number of rotatable bonds is 3. The Hall–Kier alpha value is -1.09. The van der Waals surface area contributed by atoms with Crippen LogP contribution in [0, 0.1) is 0 Å². The van der Waals surface area contributed by atoms with Gasteiger partial charge in [-0.25, -0.2) is 5.06 Å². The fourth-order valence-electron chi connectivity index (χ4n) is 0.444. The first-order valence-electron chi connectivity index (χ1n) is 3.33. The fraction of sp³-hybridized carbons (Fsp3) is 0.375. The van der Waals surface area contributed by atoms with Gasteiger partial charge in [0.1, 0.15) is 0 Å². The first kappa shape index (κ1) is 9.91. The van der Waals surface area contributed by atoms with Crippen LogP contribution in [0.15, 0.2) is 24.3 Å². The molecule has 3 nitrogen and oxygen atoms in total. The summed E-state index contributed by atoms with van der Waals surface area (Å²) in [7, 11) is 3.00. The standard InChI is InChI=1S/C8H13NO2/c1-4-5-6-7-8(10)9(2)11-3/h4-7H,1-3H3/b5-4+,7-6-. The fourth-order valence-corrected chi connectivity index (χ4v) is 0.444. The van der Waals surface area contributed by atoms with Gasteiger partial charge < -0.3 is 0 Å². The molecule has 0 aromatic carbocycles. The van der Waals surface area contributed by atoms with E-state index in [0.717, 1.165) is 5.06 Å². The van der Waals surface area contributed by atoms with Crippen molar-refractivity contribution in [2.45, 2.75) is 6.92 Å². The van der Waals surface area contributed by atoms with Gasteiger partial charge in [0.05, 0.1) is 7.11 Å². The lowest BCUT2D eigenvalue weighted by Gasteiger charge is -2.09. The molecule has 62 valence electrons. The molecule has 0 unspecified atom stereocenters. The van der Waals surface area contributed by atoms with E-state index in [1.165, 1.54) is 13.2 Å². The molecule has 0 bridgehead atoms. The maximum absolute atomic E-state index is 10.9. The third-order valence-electron chi connectivity index (χ3n) is 1.13. The second kappa shape index (κ2) is 5.68. The van der Waals surface area contributed by atoms with Crippen LogP contribution in [-0.2, 0) is 9.63 Å². The first-order chi connectivity index (χ1) is 5.22. The Labute approximate surface area is 66.9 Å². The molecule has 0 aromatic rings. The predicted molar refractivity (Wildman–Crippen MR) is 43.7 cm³/mol. The highest BCUT2D eigenvalue weighted by atomic mass is 16.7. The summed E-state index contributed by atoms with van der Waals surface area (Å²) < 4.78 is 0. The summed E-state index contributed by atoms with van der Waals surface area (Å²) in [6, 6.07) is 0. The van der Waals surface area contributed by atoms with E-state index in [1.807, 2.05) is 13.0 Å². The molecule has 0 fully saturated rings. The predicted octanol–water partition coefficient (Wildman–Crippen LogP) is 1.14. The Morgan fingerprint density at radius 1 is 1.45 bits per heavy atom. The van der Waals surface area contributed by atoms with Gasteiger partial charge in [-0.05, 0) is 6.92 Å². The van der Waals surface area contributed by atoms with Crippen molar-refractivity contribution in [3.05, 3.63) is 24.3 Å². The van der Waals surface area contributed by atoms with E-state index in [2.05, 4.69) is 4.84 Å². The lowest BCUT2D eigenvalue weighted by atomic mass is 10.4. The number of allylic oxidation sites excluding steroid dienone is 3. The lowest BCUT2D eigenvalue weighted by molar-refractivity contribution is -0.162. The third kappa shape index (κ3) is 4.33. The van der Waals surface area contributed by atoms with Crippen LogP contribution in [-0.4, -0.2) is 25.1 Å². The Morgan fingerprint density at radius 3 is 2.55 bits per heavy atom. The molecule has 0 aliphatic rings. The van der Waals surface area contributed by atoms with Gasteiger partial charge >= 0.3 is 0 Å². The molecule has 0 spiro atoms. The van der Waals surface area contributed by atoms with Crippen molar-refractivity contribution in [2.75, 3.05) is 14.2 Å². The summed E-state index contributed by atoms with van der Waals surface area (Å²) in [5, 5.41) is 1.15. The zero-order valence-corrected chi connectivity index (χ0v) is 7.07. The van der Waals surface area contributed by atoms with Crippen molar-refractivity contribution in [1.29, 1.82) is 0 Å². The molecule has 0 radical (unpaired) electrons. The van der Waals surface area contributed by atoms with Crippen molar-refractivity contribution in [1.82, 2.24) is 5.06 Å². The van der Waals surface area contributed by atoms with E-state index >= 15 is 0 Å². The van der Waals surface area contributed by atoms with Gasteiger partial charge in [-0.3, -0.25) is 9.63 Å². The summed E-state index contributed by atoms with van der Waals surface area (Å²) in [4.78, 5) is 15.6. The van der Waals surface area contributed by atoms with Gasteiger partial charge in [0.25, 0.3) is 5.91 Å². The average Bonchev–Trinajstić information content (AvgIpc) is 2.03. The van der Waals surface area contributed by atoms with Crippen LogP contribution >= 0.6 is 0 Å². The minimum Gasteiger partial charge on any atom is -0.274 e. The van der Waals surface area contributed by atoms with Gasteiger partial charge in [-0.1, -0.05) is 18.2 Å². The van der Waals surface area contributed by atoms with Crippen molar-refractivity contribution in [2.24, 2.45) is 0 Å². The van der Waals surface area contributed by atoms with Crippen molar-refractivity contribution >= 4 is 5.91 Å². The molecule has 0 atom stereocenters.